The van der Waals surface area contributed by atoms with E-state index in [0.717, 1.165) is 41.0 Å². The van der Waals surface area contributed by atoms with E-state index in [4.69, 9.17) is 4.74 Å². The molecule has 2 N–H and O–H groups in total. The summed E-state index contributed by atoms with van der Waals surface area (Å²) < 4.78 is 44.2. The number of fused-ring (bicyclic) bond motifs is 1. The van der Waals surface area contributed by atoms with Crippen LogP contribution in [0.5, 0.6) is 5.75 Å². The van der Waals surface area contributed by atoms with Gasteiger partial charge in [0.05, 0.1) is 22.5 Å². The van der Waals surface area contributed by atoms with Gasteiger partial charge in [0.15, 0.2) is 20.8 Å². The average molecular weight is 577 g/mol. The van der Waals surface area contributed by atoms with Gasteiger partial charge in [0.1, 0.15) is 11.9 Å². The van der Waals surface area contributed by atoms with Crippen molar-refractivity contribution < 1.29 is 22.2 Å². The van der Waals surface area contributed by atoms with Crippen LogP contribution in [0.3, 0.4) is 0 Å². The number of nitrogens with one attached hydrogen (secondary N) is 2. The van der Waals surface area contributed by atoms with Gasteiger partial charge >= 0.3 is 0 Å². The molecule has 2 aliphatic heterocycles. The van der Waals surface area contributed by atoms with Crippen LogP contribution in [0.2, 0.25) is 0 Å². The quantitative estimate of drug-likeness (QED) is 0.420. The van der Waals surface area contributed by atoms with Crippen LogP contribution in [-0.2, 0) is 32.0 Å². The van der Waals surface area contributed by atoms with Crippen molar-refractivity contribution in [3.63, 3.8) is 0 Å². The Kier molecular flexibility index (Phi) is 7.04. The van der Waals surface area contributed by atoms with Gasteiger partial charge in [0, 0.05) is 11.8 Å². The van der Waals surface area contributed by atoms with E-state index in [1.54, 1.807) is 0 Å². The summed E-state index contributed by atoms with van der Waals surface area (Å²) in [5.74, 6) is 0.862. The first-order valence-corrected chi connectivity index (χ1v) is 16.6. The minimum Gasteiger partial charge on any atom is -0.490 e. The summed E-state index contributed by atoms with van der Waals surface area (Å²) in [6.45, 7) is 4.23. The van der Waals surface area contributed by atoms with E-state index in [-0.39, 0.29) is 29.6 Å². The summed E-state index contributed by atoms with van der Waals surface area (Å²) in [5.41, 5.74) is 9.14. The van der Waals surface area contributed by atoms with E-state index < -0.39 is 20.8 Å². The van der Waals surface area contributed by atoms with Gasteiger partial charge in [-0.1, -0.05) is 30.3 Å². The predicted molar refractivity (Wildman–Crippen MR) is 159 cm³/mol. The van der Waals surface area contributed by atoms with Crippen molar-refractivity contribution >= 4 is 37.3 Å². The number of benzene rings is 3. The molecule has 7 nitrogen and oxygen atoms in total. The molecule has 2 heterocycles. The van der Waals surface area contributed by atoms with Crippen LogP contribution in [0.15, 0.2) is 60.7 Å². The second-order valence-corrected chi connectivity index (χ2v) is 14.3. The molecule has 3 aromatic rings. The van der Waals surface area contributed by atoms with Crippen LogP contribution >= 0.6 is 0 Å². The fraction of sp³-hybridized carbons (Fsp3) is 0.323. The van der Waals surface area contributed by atoms with Crippen molar-refractivity contribution in [2.45, 2.75) is 51.7 Å². The van der Waals surface area contributed by atoms with Crippen LogP contribution in [0.1, 0.15) is 53.1 Å². The first-order chi connectivity index (χ1) is 19.2. The van der Waals surface area contributed by atoms with E-state index in [0.29, 0.717) is 17.7 Å². The molecule has 40 heavy (non-hydrogen) atoms. The van der Waals surface area contributed by atoms with E-state index in [9.17, 15) is 17.4 Å². The molecular weight excluding hydrogens is 544 g/mol. The summed E-state index contributed by atoms with van der Waals surface area (Å²) in [6.07, 6.45) is 4.35. The number of carbonyl (C=O) groups is 1. The Bertz CT molecular complexity index is 1620. The molecule has 1 fully saturated rings. The number of ether oxygens (including phenoxy) is 1. The molecule has 1 unspecified atom stereocenters. The molecule has 3 aliphatic rings. The van der Waals surface area contributed by atoms with Gasteiger partial charge in [-0.2, -0.15) is 0 Å². The number of hydrogen-bond acceptors (Lipinski definition) is 6. The molecule has 208 valence electrons. The van der Waals surface area contributed by atoms with Gasteiger partial charge in [-0.05, 0) is 103 Å². The Morgan fingerprint density at radius 3 is 2.33 bits per heavy atom. The Balaban J connectivity index is 1.20. The molecule has 3 aromatic carbocycles. The highest BCUT2D eigenvalue weighted by Crippen LogP contribution is 2.42. The molecule has 2 atom stereocenters. The normalized spacial score (nSPS) is 21.9. The van der Waals surface area contributed by atoms with Gasteiger partial charge in [0.2, 0.25) is 0 Å². The number of amides is 1. The smallest absolute Gasteiger partial charge is 0.257 e. The maximum absolute atomic E-state index is 12.1. The summed E-state index contributed by atoms with van der Waals surface area (Å²) in [4.78, 5) is 12.0. The SMILES string of the molecule is Cc1cc(OC2CCS(=O)(=O)CC2)cc(C)c1-c1cccc2c1CC[C@H]2Nc1ccc(C2=CC(=O)NS2=O)cc1. The topological polar surface area (TPSA) is 102 Å². The highest BCUT2D eigenvalue weighted by atomic mass is 32.2. The standard InChI is InChI=1S/C31H32N2O5S2/c1-19-16-24(38-23-12-14-40(36,37)15-13-23)17-20(2)31(19)27-5-3-4-26-25(27)10-11-28(26)32-22-8-6-21(7-9-22)29-18-30(34)33-39(29)35/h3-9,16-18,23,28,32H,10-15H2,1-2H3,(H,33,34)/t28-,39?/m1/s1. The molecule has 0 saturated carbocycles. The van der Waals surface area contributed by atoms with E-state index in [1.165, 1.54) is 28.3 Å². The van der Waals surface area contributed by atoms with E-state index in [2.05, 4.69) is 54.2 Å². The third-order valence-corrected chi connectivity index (χ3v) is 10.9. The van der Waals surface area contributed by atoms with Gasteiger partial charge in [0.25, 0.3) is 5.91 Å². The van der Waals surface area contributed by atoms with Crippen LogP contribution in [0.25, 0.3) is 16.0 Å². The fourth-order valence-electron chi connectivity index (χ4n) is 6.10. The monoisotopic (exact) mass is 576 g/mol. The summed E-state index contributed by atoms with van der Waals surface area (Å²) in [6, 6.07) is 18.6. The molecule has 1 aliphatic carbocycles. The van der Waals surface area contributed by atoms with Crippen molar-refractivity contribution in [1.29, 1.82) is 0 Å². The predicted octanol–water partition coefficient (Wildman–Crippen LogP) is 5.16. The molecule has 6 rings (SSSR count). The van der Waals surface area contributed by atoms with Gasteiger partial charge in [-0.15, -0.1) is 0 Å². The van der Waals surface area contributed by atoms with Crippen LogP contribution in [0.4, 0.5) is 5.69 Å². The van der Waals surface area contributed by atoms with E-state index in [1.807, 2.05) is 24.3 Å². The van der Waals surface area contributed by atoms with Crippen molar-refractivity contribution in [1.82, 2.24) is 4.72 Å². The second-order valence-electron chi connectivity index (χ2n) is 10.8. The third-order valence-electron chi connectivity index (χ3n) is 8.02. The highest BCUT2D eigenvalue weighted by Gasteiger charge is 2.28. The number of rotatable bonds is 6. The summed E-state index contributed by atoms with van der Waals surface area (Å²) in [7, 11) is -4.42. The number of anilines is 1. The van der Waals surface area contributed by atoms with Crippen molar-refractivity contribution in [2.75, 3.05) is 16.8 Å². The molecule has 0 aromatic heterocycles. The maximum Gasteiger partial charge on any atom is 0.257 e. The molecule has 0 radical (unpaired) electrons. The lowest BCUT2D eigenvalue weighted by Gasteiger charge is -2.24. The minimum atomic E-state index is -2.92. The fourth-order valence-corrected chi connectivity index (χ4v) is 8.47. The number of sulfone groups is 1. The van der Waals surface area contributed by atoms with Gasteiger partial charge in [-0.3, -0.25) is 9.52 Å². The molecule has 9 heteroatoms. The van der Waals surface area contributed by atoms with Gasteiger partial charge in [-0.25, -0.2) is 12.6 Å². The Hall–Kier alpha value is -3.43. The van der Waals surface area contributed by atoms with Crippen LogP contribution in [-0.4, -0.2) is 36.1 Å². The lowest BCUT2D eigenvalue weighted by Crippen LogP contribution is -2.30. The van der Waals surface area contributed by atoms with Crippen molar-refractivity contribution in [3.8, 4) is 16.9 Å². The van der Waals surface area contributed by atoms with Crippen molar-refractivity contribution in [2.24, 2.45) is 0 Å². The Morgan fingerprint density at radius 1 is 0.975 bits per heavy atom. The lowest BCUT2D eigenvalue weighted by atomic mass is 9.90. The van der Waals surface area contributed by atoms with Crippen molar-refractivity contribution in [3.05, 3.63) is 88.5 Å². The first kappa shape index (κ1) is 26.8. The zero-order valence-electron chi connectivity index (χ0n) is 22.5. The molecule has 0 spiro atoms. The molecule has 1 saturated heterocycles. The second kappa shape index (κ2) is 10.5. The molecular formula is C31H32N2O5S2. The summed E-state index contributed by atoms with van der Waals surface area (Å²) >= 11 is 0. The molecule has 0 bridgehead atoms. The largest absolute Gasteiger partial charge is 0.490 e. The highest BCUT2D eigenvalue weighted by molar-refractivity contribution is 7.94. The Labute approximate surface area is 237 Å². The Morgan fingerprint density at radius 2 is 1.68 bits per heavy atom. The lowest BCUT2D eigenvalue weighted by molar-refractivity contribution is -0.114. The first-order valence-electron chi connectivity index (χ1n) is 13.6. The number of hydrogen-bond donors (Lipinski definition) is 2. The van der Waals surface area contributed by atoms with E-state index >= 15 is 0 Å². The van der Waals surface area contributed by atoms with Crippen LogP contribution in [0, 0.1) is 13.8 Å². The van der Waals surface area contributed by atoms with Crippen LogP contribution < -0.4 is 14.8 Å². The third kappa shape index (κ3) is 5.32. The zero-order chi connectivity index (χ0) is 28.0. The molecule has 1 amide bonds. The maximum atomic E-state index is 12.1. The number of carbonyl (C=O) groups excluding carboxylic acids is 1. The van der Waals surface area contributed by atoms with Gasteiger partial charge < -0.3 is 10.1 Å². The zero-order valence-corrected chi connectivity index (χ0v) is 24.2. The average Bonchev–Trinajstić information content (AvgIpc) is 3.48. The summed E-state index contributed by atoms with van der Waals surface area (Å²) in [5, 5.41) is 3.66. The minimum absolute atomic E-state index is 0.0637. The number of aryl methyl sites for hydroxylation is 2.